The number of esters is 1. The zero-order valence-electron chi connectivity index (χ0n) is 12.6. The van der Waals surface area contributed by atoms with Crippen molar-refractivity contribution >= 4 is 11.9 Å². The van der Waals surface area contributed by atoms with E-state index < -0.39 is 0 Å². The van der Waals surface area contributed by atoms with E-state index >= 15 is 0 Å². The summed E-state index contributed by atoms with van der Waals surface area (Å²) in [6, 6.07) is 7.90. The predicted molar refractivity (Wildman–Crippen MR) is 78.3 cm³/mol. The molecule has 1 aromatic heterocycles. The summed E-state index contributed by atoms with van der Waals surface area (Å²) in [6.45, 7) is 4.30. The molecule has 2 aromatic rings. The number of benzene rings is 1. The summed E-state index contributed by atoms with van der Waals surface area (Å²) in [4.78, 5) is 13.3. The minimum atomic E-state index is -0.261. The molecule has 0 fully saturated rings. The second kappa shape index (κ2) is 6.34. The maximum Gasteiger partial charge on any atom is 0.310 e. The van der Waals surface area contributed by atoms with Crippen molar-refractivity contribution in [1.82, 2.24) is 20.2 Å². The van der Waals surface area contributed by atoms with Gasteiger partial charge in [0.1, 0.15) is 0 Å². The Morgan fingerprint density at radius 1 is 1.38 bits per heavy atom. The minimum Gasteiger partial charge on any atom is -0.469 e. The third-order valence-electron chi connectivity index (χ3n) is 3.22. The Labute approximate surface area is 123 Å². The average molecular weight is 289 g/mol. The number of carbonyl (C=O) groups is 1. The maximum absolute atomic E-state index is 11.5. The van der Waals surface area contributed by atoms with Gasteiger partial charge in [0.15, 0.2) is 0 Å². The van der Waals surface area contributed by atoms with Crippen molar-refractivity contribution in [2.75, 3.05) is 25.6 Å². The van der Waals surface area contributed by atoms with Gasteiger partial charge in [0.25, 0.3) is 0 Å². The van der Waals surface area contributed by atoms with E-state index in [1.54, 1.807) is 4.68 Å². The zero-order chi connectivity index (χ0) is 15.4. The van der Waals surface area contributed by atoms with Crippen LogP contribution in [0.2, 0.25) is 0 Å². The van der Waals surface area contributed by atoms with Gasteiger partial charge in [0, 0.05) is 13.6 Å². The minimum absolute atomic E-state index is 0.254. The lowest BCUT2D eigenvalue weighted by molar-refractivity contribution is -0.144. The van der Waals surface area contributed by atoms with E-state index in [4.69, 9.17) is 4.74 Å². The van der Waals surface area contributed by atoms with E-state index in [1.165, 1.54) is 12.7 Å². The van der Waals surface area contributed by atoms with Crippen molar-refractivity contribution < 1.29 is 9.53 Å². The molecular formula is C14H19N5O2. The summed E-state index contributed by atoms with van der Waals surface area (Å²) < 4.78 is 6.38. The van der Waals surface area contributed by atoms with Crippen molar-refractivity contribution in [3.8, 4) is 5.69 Å². The Bertz CT molecular complexity index is 608. The van der Waals surface area contributed by atoms with Gasteiger partial charge >= 0.3 is 5.97 Å². The Kier molecular flexibility index (Phi) is 4.52. The SMILES string of the molecule is COC(=O)[C@@H](C)CN(C)c1nnnn1-c1ccc(C)cc1. The van der Waals surface area contributed by atoms with Crippen molar-refractivity contribution in [3.05, 3.63) is 29.8 Å². The van der Waals surface area contributed by atoms with Crippen LogP contribution >= 0.6 is 0 Å². The smallest absolute Gasteiger partial charge is 0.310 e. The van der Waals surface area contributed by atoms with Gasteiger partial charge in [-0.15, -0.1) is 0 Å². The molecule has 0 spiro atoms. The lowest BCUT2D eigenvalue weighted by Crippen LogP contribution is -2.31. The highest BCUT2D eigenvalue weighted by molar-refractivity contribution is 5.72. The first-order chi connectivity index (χ1) is 10.0. The third kappa shape index (κ3) is 3.36. The molecule has 1 aromatic carbocycles. The van der Waals surface area contributed by atoms with Crippen LogP contribution in [0.3, 0.4) is 0 Å². The van der Waals surface area contributed by atoms with Crippen molar-refractivity contribution in [2.45, 2.75) is 13.8 Å². The van der Waals surface area contributed by atoms with Crippen LogP contribution in [0, 0.1) is 12.8 Å². The van der Waals surface area contributed by atoms with Crippen LogP contribution in [0.25, 0.3) is 5.69 Å². The monoisotopic (exact) mass is 289 g/mol. The number of tetrazole rings is 1. The summed E-state index contributed by atoms with van der Waals surface area (Å²) in [5.74, 6) is 0.0639. The van der Waals surface area contributed by atoms with Crippen molar-refractivity contribution in [3.63, 3.8) is 0 Å². The zero-order valence-corrected chi connectivity index (χ0v) is 12.6. The topological polar surface area (TPSA) is 73.1 Å². The van der Waals surface area contributed by atoms with Crippen LogP contribution in [0.15, 0.2) is 24.3 Å². The number of hydrogen-bond acceptors (Lipinski definition) is 6. The number of aromatic nitrogens is 4. The second-order valence-corrected chi connectivity index (χ2v) is 5.03. The number of nitrogens with zero attached hydrogens (tertiary/aromatic N) is 5. The molecule has 2 rings (SSSR count). The molecule has 0 unspecified atom stereocenters. The van der Waals surface area contributed by atoms with Crippen molar-refractivity contribution in [1.29, 1.82) is 0 Å². The summed E-state index contributed by atoms with van der Waals surface area (Å²) in [6.07, 6.45) is 0. The molecule has 0 saturated carbocycles. The Balaban J connectivity index is 2.20. The van der Waals surface area contributed by atoms with Crippen LogP contribution in [0.1, 0.15) is 12.5 Å². The number of rotatable bonds is 5. The lowest BCUT2D eigenvalue weighted by Gasteiger charge is -2.20. The predicted octanol–water partition coefficient (Wildman–Crippen LogP) is 1.22. The van der Waals surface area contributed by atoms with E-state index in [-0.39, 0.29) is 11.9 Å². The van der Waals surface area contributed by atoms with E-state index in [1.807, 2.05) is 50.1 Å². The second-order valence-electron chi connectivity index (χ2n) is 5.03. The summed E-state index contributed by atoms with van der Waals surface area (Å²) in [5, 5.41) is 11.8. The van der Waals surface area contributed by atoms with Gasteiger partial charge in [0.05, 0.1) is 18.7 Å². The number of carbonyl (C=O) groups excluding carboxylic acids is 1. The first-order valence-corrected chi connectivity index (χ1v) is 6.67. The Morgan fingerprint density at radius 3 is 2.67 bits per heavy atom. The number of ether oxygens (including phenoxy) is 1. The molecule has 1 heterocycles. The molecule has 0 N–H and O–H groups in total. The van der Waals surface area contributed by atoms with Crippen LogP contribution in [0.5, 0.6) is 0 Å². The van der Waals surface area contributed by atoms with Crippen molar-refractivity contribution in [2.24, 2.45) is 5.92 Å². The molecule has 7 heteroatoms. The molecule has 0 amide bonds. The molecule has 0 aliphatic carbocycles. The first-order valence-electron chi connectivity index (χ1n) is 6.67. The highest BCUT2D eigenvalue weighted by atomic mass is 16.5. The Hall–Kier alpha value is -2.44. The van der Waals surface area contributed by atoms with E-state index in [9.17, 15) is 4.79 Å². The molecule has 0 radical (unpaired) electrons. The molecule has 7 nitrogen and oxygen atoms in total. The fourth-order valence-corrected chi connectivity index (χ4v) is 2.04. The van der Waals surface area contributed by atoms with Gasteiger partial charge < -0.3 is 9.64 Å². The summed E-state index contributed by atoms with van der Waals surface area (Å²) in [5.41, 5.74) is 2.04. The van der Waals surface area contributed by atoms with Crippen LogP contribution in [-0.2, 0) is 9.53 Å². The van der Waals surface area contributed by atoms with E-state index in [0.29, 0.717) is 12.5 Å². The molecule has 0 aliphatic rings. The number of anilines is 1. The van der Waals surface area contributed by atoms with Crippen LogP contribution in [-0.4, -0.2) is 46.9 Å². The lowest BCUT2D eigenvalue weighted by atomic mass is 10.2. The van der Waals surface area contributed by atoms with Gasteiger partial charge in [-0.25, -0.2) is 0 Å². The number of methoxy groups -OCH3 is 1. The van der Waals surface area contributed by atoms with Gasteiger partial charge in [-0.2, -0.15) is 4.68 Å². The number of aryl methyl sites for hydroxylation is 1. The average Bonchev–Trinajstić information content (AvgIpc) is 2.96. The van der Waals surface area contributed by atoms with Gasteiger partial charge in [-0.1, -0.05) is 29.7 Å². The van der Waals surface area contributed by atoms with Gasteiger partial charge in [-0.05, 0) is 29.5 Å². The van der Waals surface area contributed by atoms with Crippen LogP contribution < -0.4 is 4.90 Å². The van der Waals surface area contributed by atoms with E-state index in [0.717, 1.165) is 5.69 Å². The molecule has 0 saturated heterocycles. The fourth-order valence-electron chi connectivity index (χ4n) is 2.04. The summed E-state index contributed by atoms with van der Waals surface area (Å²) >= 11 is 0. The van der Waals surface area contributed by atoms with E-state index in [2.05, 4.69) is 15.5 Å². The molecule has 0 bridgehead atoms. The molecule has 112 valence electrons. The quantitative estimate of drug-likeness (QED) is 0.770. The standard InChI is InChI=1S/C14H19N5O2/c1-10-5-7-12(8-6-10)19-14(15-16-17-19)18(3)9-11(2)13(20)21-4/h5-8,11H,9H2,1-4H3/t11-/m0/s1. The highest BCUT2D eigenvalue weighted by Crippen LogP contribution is 2.16. The van der Waals surface area contributed by atoms with Gasteiger partial charge in [0.2, 0.25) is 5.95 Å². The number of hydrogen-bond donors (Lipinski definition) is 0. The first kappa shape index (κ1) is 15.0. The third-order valence-corrected chi connectivity index (χ3v) is 3.22. The fraction of sp³-hybridized carbons (Fsp3) is 0.429. The van der Waals surface area contributed by atoms with Crippen LogP contribution in [0.4, 0.5) is 5.95 Å². The van der Waals surface area contributed by atoms with Gasteiger partial charge in [-0.3, -0.25) is 4.79 Å². The normalized spacial score (nSPS) is 12.0. The molecule has 1 atom stereocenters. The summed E-state index contributed by atoms with van der Waals surface area (Å²) in [7, 11) is 3.23. The largest absolute Gasteiger partial charge is 0.469 e. The molecular weight excluding hydrogens is 270 g/mol. The highest BCUT2D eigenvalue weighted by Gasteiger charge is 2.19. The Morgan fingerprint density at radius 2 is 2.05 bits per heavy atom. The maximum atomic E-state index is 11.5. The molecule has 21 heavy (non-hydrogen) atoms. The molecule has 0 aliphatic heterocycles.